The summed E-state index contributed by atoms with van der Waals surface area (Å²) in [6.07, 6.45) is 2.18. The molecule has 4 nitrogen and oxygen atoms in total. The monoisotopic (exact) mass is 296 g/mol. The SMILES string of the molecule is CN(C(CN)C1CC1)S(=O)(=O)c1cccs1.Cl. The standard InChI is InChI=1S/C10H16N2O2S2.ClH/c1-12(9(7-11)8-4-5-8)16(13,14)10-3-2-6-15-10;/h2-3,6,8-9H,4-5,7,11H2,1H3;1H. The molecule has 98 valence electrons. The minimum absolute atomic E-state index is 0. The van der Waals surface area contributed by atoms with E-state index in [9.17, 15) is 8.42 Å². The van der Waals surface area contributed by atoms with Gasteiger partial charge in [0.05, 0.1) is 0 Å². The van der Waals surface area contributed by atoms with Gasteiger partial charge >= 0.3 is 0 Å². The van der Waals surface area contributed by atoms with Crippen molar-refractivity contribution in [1.29, 1.82) is 0 Å². The van der Waals surface area contributed by atoms with Crippen LogP contribution in [-0.2, 0) is 10.0 Å². The Morgan fingerprint density at radius 1 is 1.59 bits per heavy atom. The topological polar surface area (TPSA) is 63.4 Å². The number of nitrogens with two attached hydrogens (primary N) is 1. The summed E-state index contributed by atoms with van der Waals surface area (Å²) in [5.74, 6) is 0.449. The van der Waals surface area contributed by atoms with Gasteiger partial charge in [-0.3, -0.25) is 0 Å². The fraction of sp³-hybridized carbons (Fsp3) is 0.600. The van der Waals surface area contributed by atoms with Gasteiger partial charge in [0, 0.05) is 19.6 Å². The molecule has 17 heavy (non-hydrogen) atoms. The van der Waals surface area contributed by atoms with Crippen molar-refractivity contribution in [3.8, 4) is 0 Å². The molecule has 0 aliphatic heterocycles. The Morgan fingerprint density at radius 2 is 2.24 bits per heavy atom. The number of nitrogens with zero attached hydrogens (tertiary/aromatic N) is 1. The zero-order valence-electron chi connectivity index (χ0n) is 9.57. The summed E-state index contributed by atoms with van der Waals surface area (Å²) >= 11 is 1.25. The summed E-state index contributed by atoms with van der Waals surface area (Å²) in [6, 6.07) is 3.34. The molecule has 1 saturated carbocycles. The van der Waals surface area contributed by atoms with Crippen LogP contribution in [0.25, 0.3) is 0 Å². The molecule has 1 aromatic heterocycles. The Balaban J connectivity index is 0.00000144. The van der Waals surface area contributed by atoms with Crippen molar-refractivity contribution in [3.05, 3.63) is 17.5 Å². The highest BCUT2D eigenvalue weighted by atomic mass is 35.5. The molecule has 1 aliphatic rings. The van der Waals surface area contributed by atoms with Crippen LogP contribution < -0.4 is 5.73 Å². The van der Waals surface area contributed by atoms with Crippen LogP contribution in [0.15, 0.2) is 21.7 Å². The average molecular weight is 297 g/mol. The van der Waals surface area contributed by atoms with Gasteiger partial charge in [-0.05, 0) is 30.2 Å². The van der Waals surface area contributed by atoms with Crippen molar-refractivity contribution in [2.75, 3.05) is 13.6 Å². The number of hydrogen-bond acceptors (Lipinski definition) is 4. The first-order chi connectivity index (χ1) is 7.57. The number of thiophene rings is 1. The Hall–Kier alpha value is -0.140. The molecule has 0 aromatic carbocycles. The maximum absolute atomic E-state index is 12.2. The van der Waals surface area contributed by atoms with Gasteiger partial charge in [-0.25, -0.2) is 8.42 Å². The van der Waals surface area contributed by atoms with E-state index in [-0.39, 0.29) is 18.4 Å². The molecule has 0 bridgehead atoms. The van der Waals surface area contributed by atoms with Crippen LogP contribution in [0.4, 0.5) is 0 Å². The van der Waals surface area contributed by atoms with Gasteiger partial charge in [0.1, 0.15) is 4.21 Å². The second-order valence-corrected chi connectivity index (χ2v) is 7.27. The van der Waals surface area contributed by atoms with Crippen molar-refractivity contribution in [3.63, 3.8) is 0 Å². The zero-order chi connectivity index (χ0) is 11.8. The van der Waals surface area contributed by atoms with Gasteiger partial charge in [-0.1, -0.05) is 6.07 Å². The second-order valence-electron chi connectivity index (χ2n) is 4.09. The molecule has 1 unspecified atom stereocenters. The smallest absolute Gasteiger partial charge is 0.252 e. The van der Waals surface area contributed by atoms with Gasteiger partial charge in [-0.2, -0.15) is 4.31 Å². The summed E-state index contributed by atoms with van der Waals surface area (Å²) in [4.78, 5) is 0. The molecule has 0 radical (unpaired) electrons. The first-order valence-electron chi connectivity index (χ1n) is 5.29. The minimum Gasteiger partial charge on any atom is -0.329 e. The molecule has 1 aromatic rings. The van der Waals surface area contributed by atoms with E-state index in [1.807, 2.05) is 0 Å². The van der Waals surface area contributed by atoms with Crippen LogP contribution in [0.3, 0.4) is 0 Å². The zero-order valence-corrected chi connectivity index (χ0v) is 12.0. The molecule has 1 fully saturated rings. The molecule has 1 heterocycles. The number of hydrogen-bond donors (Lipinski definition) is 1. The normalized spacial score (nSPS) is 17.8. The lowest BCUT2D eigenvalue weighted by molar-refractivity contribution is 0.341. The van der Waals surface area contributed by atoms with Crippen molar-refractivity contribution >= 4 is 33.8 Å². The fourth-order valence-electron chi connectivity index (χ4n) is 1.85. The fourth-order valence-corrected chi connectivity index (χ4v) is 4.45. The minimum atomic E-state index is -3.34. The van der Waals surface area contributed by atoms with Gasteiger partial charge < -0.3 is 5.73 Å². The third-order valence-electron chi connectivity index (χ3n) is 3.00. The summed E-state index contributed by atoms with van der Waals surface area (Å²) in [5, 5.41) is 1.77. The molecule has 0 saturated heterocycles. The third-order valence-corrected chi connectivity index (χ3v) is 6.26. The lowest BCUT2D eigenvalue weighted by atomic mass is 10.2. The number of sulfonamides is 1. The Labute approximate surface area is 112 Å². The highest BCUT2D eigenvalue weighted by Crippen LogP contribution is 2.36. The van der Waals surface area contributed by atoms with E-state index in [0.29, 0.717) is 16.7 Å². The van der Waals surface area contributed by atoms with Crippen molar-refractivity contribution in [2.24, 2.45) is 11.7 Å². The first-order valence-corrected chi connectivity index (χ1v) is 7.61. The van der Waals surface area contributed by atoms with Crippen LogP contribution in [-0.4, -0.2) is 32.4 Å². The van der Waals surface area contributed by atoms with Gasteiger partial charge in [0.2, 0.25) is 0 Å². The predicted octanol–water partition coefficient (Wildman–Crippen LogP) is 1.53. The van der Waals surface area contributed by atoms with Crippen LogP contribution in [0, 0.1) is 5.92 Å². The van der Waals surface area contributed by atoms with Crippen LogP contribution >= 0.6 is 23.7 Å². The van der Waals surface area contributed by atoms with Crippen molar-refractivity contribution in [2.45, 2.75) is 23.1 Å². The summed E-state index contributed by atoms with van der Waals surface area (Å²) in [6.45, 7) is 0.395. The Morgan fingerprint density at radius 3 is 2.65 bits per heavy atom. The van der Waals surface area contributed by atoms with Crippen LogP contribution in [0.2, 0.25) is 0 Å². The Bertz CT molecular complexity index is 443. The molecule has 0 spiro atoms. The molecular formula is C10H17ClN2O2S2. The number of likely N-dealkylation sites (N-methyl/N-ethyl adjacent to an activating group) is 1. The average Bonchev–Trinajstić information content (AvgIpc) is 2.93. The first kappa shape index (κ1) is 14.9. The van der Waals surface area contributed by atoms with E-state index in [1.165, 1.54) is 15.6 Å². The van der Waals surface area contributed by atoms with Gasteiger partial charge in [0.15, 0.2) is 0 Å². The molecule has 2 rings (SSSR count). The second kappa shape index (κ2) is 5.67. The van der Waals surface area contributed by atoms with E-state index >= 15 is 0 Å². The van der Waals surface area contributed by atoms with Crippen LogP contribution in [0.1, 0.15) is 12.8 Å². The molecule has 0 amide bonds. The quantitative estimate of drug-likeness (QED) is 0.896. The van der Waals surface area contributed by atoms with E-state index < -0.39 is 10.0 Å². The third kappa shape index (κ3) is 3.00. The molecular weight excluding hydrogens is 280 g/mol. The highest BCUT2D eigenvalue weighted by molar-refractivity contribution is 7.91. The van der Waals surface area contributed by atoms with Crippen molar-refractivity contribution < 1.29 is 8.42 Å². The van der Waals surface area contributed by atoms with Gasteiger partial charge in [0.25, 0.3) is 10.0 Å². The highest BCUT2D eigenvalue weighted by Gasteiger charge is 2.38. The lowest BCUT2D eigenvalue weighted by Crippen LogP contribution is -2.42. The molecule has 1 atom stereocenters. The van der Waals surface area contributed by atoms with E-state index in [2.05, 4.69) is 0 Å². The molecule has 1 aliphatic carbocycles. The Kier molecular flexibility index (Phi) is 4.97. The number of halogens is 1. The predicted molar refractivity (Wildman–Crippen MR) is 72.1 cm³/mol. The summed E-state index contributed by atoms with van der Waals surface area (Å²) < 4.78 is 26.3. The van der Waals surface area contributed by atoms with Gasteiger partial charge in [-0.15, -0.1) is 23.7 Å². The van der Waals surface area contributed by atoms with Crippen LogP contribution in [0.5, 0.6) is 0 Å². The van der Waals surface area contributed by atoms with Crippen molar-refractivity contribution in [1.82, 2.24) is 4.31 Å². The lowest BCUT2D eigenvalue weighted by Gasteiger charge is -2.25. The molecule has 2 N–H and O–H groups in total. The van der Waals surface area contributed by atoms with E-state index in [1.54, 1.807) is 24.6 Å². The summed E-state index contributed by atoms with van der Waals surface area (Å²) in [7, 11) is -1.71. The van der Waals surface area contributed by atoms with E-state index in [4.69, 9.17) is 5.73 Å². The largest absolute Gasteiger partial charge is 0.329 e. The number of rotatable bonds is 5. The molecule has 7 heteroatoms. The summed E-state index contributed by atoms with van der Waals surface area (Å²) in [5.41, 5.74) is 5.66. The van der Waals surface area contributed by atoms with E-state index in [0.717, 1.165) is 12.8 Å². The maximum Gasteiger partial charge on any atom is 0.252 e. The maximum atomic E-state index is 12.2.